The minimum absolute atomic E-state index is 0.424. The minimum Gasteiger partial charge on any atom is -0.337 e. The smallest absolute Gasteiger partial charge is 0.113 e. The van der Waals surface area contributed by atoms with Gasteiger partial charge >= 0.3 is 0 Å². The zero-order valence-corrected chi connectivity index (χ0v) is 11.7. The predicted molar refractivity (Wildman–Crippen MR) is 75.5 cm³/mol. The van der Waals surface area contributed by atoms with Crippen molar-refractivity contribution in [1.29, 1.82) is 0 Å². The van der Waals surface area contributed by atoms with E-state index >= 15 is 0 Å². The van der Waals surface area contributed by atoms with Crippen molar-refractivity contribution in [2.45, 2.75) is 51.6 Å². The van der Waals surface area contributed by atoms with Crippen LogP contribution >= 0.6 is 0 Å². The molecule has 3 atom stereocenters. The molecule has 1 fully saturated rings. The lowest BCUT2D eigenvalue weighted by atomic mass is 9.58. The van der Waals surface area contributed by atoms with Crippen LogP contribution in [0.3, 0.4) is 0 Å². The lowest BCUT2D eigenvalue weighted by Gasteiger charge is -2.51. The van der Waals surface area contributed by atoms with Gasteiger partial charge in [0.25, 0.3) is 0 Å². The van der Waals surface area contributed by atoms with Crippen LogP contribution in [-0.2, 0) is 0 Å². The number of hydrogen-bond acceptors (Lipinski definition) is 0. The summed E-state index contributed by atoms with van der Waals surface area (Å²) in [5.41, 5.74) is 4.93. The first-order chi connectivity index (χ1) is 8.49. The zero-order valence-electron chi connectivity index (χ0n) is 11.7. The first kappa shape index (κ1) is 12.0. The number of nitrogens with two attached hydrogens (primary N) is 1. The fourth-order valence-electron chi connectivity index (χ4n) is 4.34. The van der Waals surface area contributed by atoms with Gasteiger partial charge in [0.2, 0.25) is 0 Å². The van der Waals surface area contributed by atoms with Gasteiger partial charge in [-0.3, -0.25) is 0 Å². The Bertz CT molecular complexity index is 486. The summed E-state index contributed by atoms with van der Waals surface area (Å²) in [4.78, 5) is 0. The Hall–Kier alpha value is -1.08. The zero-order chi connectivity index (χ0) is 12.9. The maximum Gasteiger partial charge on any atom is 0.113 e. The van der Waals surface area contributed by atoms with E-state index in [1.807, 2.05) is 0 Å². The summed E-state index contributed by atoms with van der Waals surface area (Å²) in [7, 11) is 0. The van der Waals surface area contributed by atoms with Gasteiger partial charge in [0.15, 0.2) is 0 Å². The van der Waals surface area contributed by atoms with Gasteiger partial charge in [0, 0.05) is 24.3 Å². The average Bonchev–Trinajstić information content (AvgIpc) is 2.26. The van der Waals surface area contributed by atoms with Gasteiger partial charge in [0.05, 0.1) is 6.04 Å². The molecule has 1 nitrogen and oxygen atoms in total. The van der Waals surface area contributed by atoms with Crippen molar-refractivity contribution in [2.75, 3.05) is 0 Å². The molecule has 2 heterocycles. The molecule has 1 heteroatoms. The molecule has 2 aliphatic heterocycles. The highest BCUT2D eigenvalue weighted by atomic mass is 15.0. The summed E-state index contributed by atoms with van der Waals surface area (Å²) >= 11 is 0. The van der Waals surface area contributed by atoms with E-state index in [2.05, 4.69) is 56.9 Å². The van der Waals surface area contributed by atoms with Crippen LogP contribution in [0.1, 0.15) is 56.7 Å². The van der Waals surface area contributed by atoms with Crippen molar-refractivity contribution >= 4 is 0 Å². The summed E-state index contributed by atoms with van der Waals surface area (Å²) in [6.45, 7) is 11.2. The number of fused-ring (bicyclic) bond motifs is 2. The molecule has 18 heavy (non-hydrogen) atoms. The number of quaternary nitrogens is 1. The molecule has 96 valence electrons. The Morgan fingerprint density at radius 1 is 1.33 bits per heavy atom. The van der Waals surface area contributed by atoms with E-state index in [4.69, 9.17) is 0 Å². The van der Waals surface area contributed by atoms with Gasteiger partial charge in [-0.05, 0) is 17.9 Å². The standard InChI is InChI=1S/C17H23N/c1-11(2)9-14-16-13-8-6-5-7-12(13)15(18-14)10-17(16,3)4/h5-8,14-16,18H,1,9-10H2,2-4H3/p+1/t14-,15-,16-/m0/s1. The van der Waals surface area contributed by atoms with E-state index in [0.717, 1.165) is 6.42 Å². The highest BCUT2D eigenvalue weighted by Gasteiger charge is 2.52. The second-order valence-electron chi connectivity index (χ2n) is 6.92. The quantitative estimate of drug-likeness (QED) is 0.767. The third-order valence-corrected chi connectivity index (χ3v) is 4.81. The van der Waals surface area contributed by atoms with Crippen LogP contribution in [0.5, 0.6) is 0 Å². The minimum atomic E-state index is 0.424. The topological polar surface area (TPSA) is 16.6 Å². The monoisotopic (exact) mass is 242 g/mol. The molecule has 0 unspecified atom stereocenters. The van der Waals surface area contributed by atoms with Crippen molar-refractivity contribution in [2.24, 2.45) is 5.41 Å². The van der Waals surface area contributed by atoms with Gasteiger partial charge in [-0.1, -0.05) is 50.3 Å². The maximum atomic E-state index is 4.12. The Labute approximate surface area is 110 Å². The van der Waals surface area contributed by atoms with Crippen LogP contribution in [0.4, 0.5) is 0 Å². The summed E-state index contributed by atoms with van der Waals surface area (Å²) in [6, 6.07) is 10.4. The highest BCUT2D eigenvalue weighted by Crippen LogP contribution is 2.52. The van der Waals surface area contributed by atoms with Crippen molar-refractivity contribution < 1.29 is 5.32 Å². The Balaban J connectivity index is 2.06. The summed E-state index contributed by atoms with van der Waals surface area (Å²) in [5, 5.41) is 2.60. The molecule has 4 rings (SSSR count). The molecular formula is C17H24N+. The fourth-order valence-corrected chi connectivity index (χ4v) is 4.34. The number of benzene rings is 1. The second kappa shape index (κ2) is 3.96. The molecule has 0 aromatic heterocycles. The van der Waals surface area contributed by atoms with Crippen LogP contribution in [0, 0.1) is 5.41 Å². The van der Waals surface area contributed by atoms with Gasteiger partial charge < -0.3 is 5.32 Å². The van der Waals surface area contributed by atoms with Crippen LogP contribution in [-0.4, -0.2) is 6.04 Å². The Morgan fingerprint density at radius 3 is 2.67 bits per heavy atom. The van der Waals surface area contributed by atoms with Crippen LogP contribution in [0.15, 0.2) is 36.4 Å². The molecular weight excluding hydrogens is 218 g/mol. The molecule has 1 aromatic rings. The first-order valence-corrected chi connectivity index (χ1v) is 7.07. The van der Waals surface area contributed by atoms with E-state index < -0.39 is 0 Å². The van der Waals surface area contributed by atoms with Gasteiger partial charge in [0.1, 0.15) is 6.04 Å². The molecule has 1 saturated heterocycles. The molecule has 0 amide bonds. The van der Waals surface area contributed by atoms with Crippen molar-refractivity contribution in [1.82, 2.24) is 0 Å². The first-order valence-electron chi connectivity index (χ1n) is 7.07. The van der Waals surface area contributed by atoms with Crippen LogP contribution in [0.25, 0.3) is 0 Å². The summed E-state index contributed by atoms with van der Waals surface area (Å²) in [6.07, 6.45) is 2.46. The van der Waals surface area contributed by atoms with Crippen LogP contribution < -0.4 is 5.32 Å². The molecule has 3 aliphatic rings. The Morgan fingerprint density at radius 2 is 2.00 bits per heavy atom. The third kappa shape index (κ3) is 1.73. The number of rotatable bonds is 2. The SMILES string of the molecule is C=C(C)C[C@@H]1[NH2+][C@H]2CC(C)(C)[C@H]1c1ccccc12. The predicted octanol–water partition coefficient (Wildman–Crippen LogP) is 3.15. The summed E-state index contributed by atoms with van der Waals surface area (Å²) < 4.78 is 0. The summed E-state index contributed by atoms with van der Waals surface area (Å²) in [5.74, 6) is 0.676. The average molecular weight is 242 g/mol. The molecule has 1 aliphatic carbocycles. The van der Waals surface area contributed by atoms with E-state index in [0.29, 0.717) is 23.4 Å². The van der Waals surface area contributed by atoms with E-state index in [1.54, 1.807) is 11.1 Å². The van der Waals surface area contributed by atoms with Gasteiger partial charge in [-0.2, -0.15) is 0 Å². The molecule has 0 saturated carbocycles. The van der Waals surface area contributed by atoms with Crippen molar-refractivity contribution in [3.05, 3.63) is 47.5 Å². The lowest BCUT2D eigenvalue weighted by molar-refractivity contribution is -0.749. The number of hydrogen-bond donors (Lipinski definition) is 1. The normalized spacial score (nSPS) is 32.1. The van der Waals surface area contributed by atoms with E-state index in [1.165, 1.54) is 12.0 Å². The second-order valence-corrected chi connectivity index (χ2v) is 6.92. The largest absolute Gasteiger partial charge is 0.337 e. The van der Waals surface area contributed by atoms with Crippen molar-refractivity contribution in [3.8, 4) is 0 Å². The molecule has 1 aromatic carbocycles. The van der Waals surface area contributed by atoms with Crippen LogP contribution in [0.2, 0.25) is 0 Å². The molecule has 0 spiro atoms. The number of piperidine rings is 1. The molecule has 2 N–H and O–H groups in total. The maximum absolute atomic E-state index is 4.12. The molecule has 0 radical (unpaired) electrons. The van der Waals surface area contributed by atoms with E-state index in [-0.39, 0.29) is 0 Å². The third-order valence-electron chi connectivity index (χ3n) is 4.81. The van der Waals surface area contributed by atoms with Gasteiger partial charge in [-0.15, -0.1) is 0 Å². The molecule has 2 bridgehead atoms. The highest BCUT2D eigenvalue weighted by molar-refractivity contribution is 5.39. The fraction of sp³-hybridized carbons (Fsp3) is 0.529. The lowest BCUT2D eigenvalue weighted by Crippen LogP contribution is -2.96. The van der Waals surface area contributed by atoms with E-state index in [9.17, 15) is 0 Å². The Kier molecular flexibility index (Phi) is 2.63. The van der Waals surface area contributed by atoms with Gasteiger partial charge in [-0.25, -0.2) is 0 Å². The van der Waals surface area contributed by atoms with Crippen molar-refractivity contribution in [3.63, 3.8) is 0 Å².